The zero-order valence-electron chi connectivity index (χ0n) is 9.13. The van der Waals surface area contributed by atoms with Gasteiger partial charge in [0.15, 0.2) is 0 Å². The number of nitrogens with zero attached hydrogens (tertiary/aromatic N) is 2. The van der Waals surface area contributed by atoms with Gasteiger partial charge in [-0.05, 0) is 6.42 Å². The molecule has 2 heterocycles. The summed E-state index contributed by atoms with van der Waals surface area (Å²) < 4.78 is 0. The third kappa shape index (κ3) is 2.45. The van der Waals surface area contributed by atoms with Crippen LogP contribution in [0.3, 0.4) is 0 Å². The number of thiazole rings is 1. The average molecular weight is 255 g/mol. The molecule has 1 aromatic rings. The van der Waals surface area contributed by atoms with E-state index in [1.165, 1.54) is 16.2 Å². The maximum Gasteiger partial charge on any atom is 0.308 e. The summed E-state index contributed by atoms with van der Waals surface area (Å²) in [4.78, 5) is 28.4. The van der Waals surface area contributed by atoms with Gasteiger partial charge in [0.05, 0.1) is 5.92 Å². The number of hydrogen-bond acceptors (Lipinski definition) is 5. The second-order valence-electron chi connectivity index (χ2n) is 3.91. The van der Waals surface area contributed by atoms with E-state index in [9.17, 15) is 9.59 Å². The van der Waals surface area contributed by atoms with Gasteiger partial charge in [0.25, 0.3) is 5.91 Å². The largest absolute Gasteiger partial charge is 0.481 e. The molecule has 1 atom stereocenters. The smallest absolute Gasteiger partial charge is 0.308 e. The number of carbonyl (C=O) groups excluding carboxylic acids is 1. The fraction of sp³-hybridized carbons (Fsp3) is 0.500. The van der Waals surface area contributed by atoms with Gasteiger partial charge in [0, 0.05) is 25.0 Å². The molecule has 0 aliphatic carbocycles. The molecule has 2 rings (SSSR count). The summed E-state index contributed by atoms with van der Waals surface area (Å²) in [5.41, 5.74) is 5.79. The summed E-state index contributed by atoms with van der Waals surface area (Å²) in [5, 5.41) is 11.2. The molecular weight excluding hydrogens is 242 g/mol. The van der Waals surface area contributed by atoms with Crippen molar-refractivity contribution in [2.75, 3.05) is 13.1 Å². The molecule has 1 fully saturated rings. The number of nitrogens with two attached hydrogens (primary N) is 1. The van der Waals surface area contributed by atoms with Crippen molar-refractivity contribution in [2.45, 2.75) is 13.0 Å². The van der Waals surface area contributed by atoms with E-state index in [1.54, 1.807) is 5.38 Å². The number of rotatable bonds is 3. The number of likely N-dealkylation sites (tertiary alicyclic amines) is 1. The molecule has 6 nitrogen and oxygen atoms in total. The van der Waals surface area contributed by atoms with Gasteiger partial charge in [-0.1, -0.05) is 0 Å². The van der Waals surface area contributed by atoms with Gasteiger partial charge in [-0.2, -0.15) is 0 Å². The zero-order valence-corrected chi connectivity index (χ0v) is 9.94. The topological polar surface area (TPSA) is 96.5 Å². The maximum absolute atomic E-state index is 12.0. The van der Waals surface area contributed by atoms with Gasteiger partial charge in [0.1, 0.15) is 10.7 Å². The van der Waals surface area contributed by atoms with Crippen LogP contribution in [0.15, 0.2) is 5.38 Å². The van der Waals surface area contributed by atoms with Crippen molar-refractivity contribution in [3.8, 4) is 0 Å². The third-order valence-electron chi connectivity index (χ3n) is 2.77. The Morgan fingerprint density at radius 2 is 2.41 bits per heavy atom. The summed E-state index contributed by atoms with van der Waals surface area (Å²) in [6.07, 6.45) is 0.509. The summed E-state index contributed by atoms with van der Waals surface area (Å²) >= 11 is 1.34. The van der Waals surface area contributed by atoms with Gasteiger partial charge in [0.2, 0.25) is 0 Å². The van der Waals surface area contributed by atoms with Crippen molar-refractivity contribution in [1.82, 2.24) is 9.88 Å². The first-order chi connectivity index (χ1) is 8.11. The zero-order chi connectivity index (χ0) is 12.4. The quantitative estimate of drug-likeness (QED) is 0.801. The van der Waals surface area contributed by atoms with Crippen molar-refractivity contribution < 1.29 is 14.7 Å². The van der Waals surface area contributed by atoms with E-state index in [0.717, 1.165) is 0 Å². The predicted octanol–water partition coefficient (Wildman–Crippen LogP) is 0.149. The minimum Gasteiger partial charge on any atom is -0.481 e. The van der Waals surface area contributed by atoms with Crippen LogP contribution in [-0.2, 0) is 11.3 Å². The number of amides is 1. The average Bonchev–Trinajstić information content (AvgIpc) is 2.97. The summed E-state index contributed by atoms with van der Waals surface area (Å²) in [5.74, 6) is -1.50. The predicted molar refractivity (Wildman–Crippen MR) is 61.7 cm³/mol. The number of carboxylic acid groups (broad SMARTS) is 1. The van der Waals surface area contributed by atoms with E-state index in [0.29, 0.717) is 30.2 Å². The molecule has 0 radical (unpaired) electrons. The highest BCUT2D eigenvalue weighted by atomic mass is 32.1. The Hall–Kier alpha value is -1.47. The van der Waals surface area contributed by atoms with E-state index < -0.39 is 11.9 Å². The van der Waals surface area contributed by atoms with Gasteiger partial charge in [-0.15, -0.1) is 11.3 Å². The highest BCUT2D eigenvalue weighted by molar-refractivity contribution is 7.09. The molecule has 17 heavy (non-hydrogen) atoms. The van der Waals surface area contributed by atoms with E-state index in [-0.39, 0.29) is 12.5 Å². The molecule has 0 saturated carbocycles. The van der Waals surface area contributed by atoms with E-state index in [4.69, 9.17) is 10.8 Å². The van der Waals surface area contributed by atoms with Gasteiger partial charge in [-0.25, -0.2) is 4.98 Å². The number of aliphatic carboxylic acids is 1. The Balaban J connectivity index is 2.04. The molecule has 0 bridgehead atoms. The summed E-state index contributed by atoms with van der Waals surface area (Å²) in [6.45, 7) is 1.06. The molecule has 1 unspecified atom stereocenters. The molecular formula is C10H13N3O3S. The Morgan fingerprint density at radius 1 is 1.65 bits per heavy atom. The van der Waals surface area contributed by atoms with Crippen LogP contribution in [0, 0.1) is 5.92 Å². The van der Waals surface area contributed by atoms with Crippen LogP contribution in [0.2, 0.25) is 0 Å². The fourth-order valence-electron chi connectivity index (χ4n) is 1.81. The Kier molecular flexibility index (Phi) is 3.39. The minimum absolute atomic E-state index is 0.204. The molecule has 1 saturated heterocycles. The van der Waals surface area contributed by atoms with Gasteiger partial charge in [-0.3, -0.25) is 9.59 Å². The van der Waals surface area contributed by atoms with Crippen LogP contribution < -0.4 is 5.73 Å². The van der Waals surface area contributed by atoms with E-state index in [2.05, 4.69) is 4.98 Å². The Bertz CT molecular complexity index is 446. The van der Waals surface area contributed by atoms with Gasteiger partial charge < -0.3 is 15.7 Å². The van der Waals surface area contributed by atoms with E-state index >= 15 is 0 Å². The van der Waals surface area contributed by atoms with Gasteiger partial charge >= 0.3 is 5.97 Å². The summed E-state index contributed by atoms with van der Waals surface area (Å²) in [6, 6.07) is 0. The molecule has 1 aliphatic rings. The van der Waals surface area contributed by atoms with Crippen LogP contribution in [0.1, 0.15) is 21.9 Å². The van der Waals surface area contributed by atoms with Crippen LogP contribution in [0.5, 0.6) is 0 Å². The van der Waals surface area contributed by atoms with Crippen LogP contribution in [-0.4, -0.2) is 40.0 Å². The van der Waals surface area contributed by atoms with E-state index in [1.807, 2.05) is 0 Å². The standard InChI is InChI=1S/C10H13N3O3S/c11-3-8-12-7(5-17-8)9(14)13-2-1-6(4-13)10(15)16/h5-6H,1-4,11H2,(H,15,16). The second-order valence-corrected chi connectivity index (χ2v) is 4.85. The highest BCUT2D eigenvalue weighted by Crippen LogP contribution is 2.19. The first kappa shape index (κ1) is 12.0. The monoisotopic (exact) mass is 255 g/mol. The maximum atomic E-state index is 12.0. The first-order valence-electron chi connectivity index (χ1n) is 5.28. The normalized spacial score (nSPS) is 19.6. The molecule has 1 aromatic heterocycles. The van der Waals surface area contributed by atoms with Crippen molar-refractivity contribution in [3.63, 3.8) is 0 Å². The lowest BCUT2D eigenvalue weighted by Crippen LogP contribution is -2.30. The van der Waals surface area contributed by atoms with Crippen LogP contribution >= 0.6 is 11.3 Å². The Labute approximate surface area is 102 Å². The number of carboxylic acids is 1. The molecule has 7 heteroatoms. The molecule has 92 valence electrons. The third-order valence-corrected chi connectivity index (χ3v) is 3.64. The lowest BCUT2D eigenvalue weighted by molar-refractivity contribution is -0.141. The van der Waals surface area contributed by atoms with Crippen molar-refractivity contribution in [1.29, 1.82) is 0 Å². The number of hydrogen-bond donors (Lipinski definition) is 2. The number of carbonyl (C=O) groups is 2. The minimum atomic E-state index is -0.846. The summed E-state index contributed by atoms with van der Waals surface area (Å²) in [7, 11) is 0. The number of aromatic nitrogens is 1. The fourth-order valence-corrected chi connectivity index (χ4v) is 2.46. The first-order valence-corrected chi connectivity index (χ1v) is 6.16. The Morgan fingerprint density at radius 3 is 2.94 bits per heavy atom. The van der Waals surface area contributed by atoms with Crippen LogP contribution in [0.4, 0.5) is 0 Å². The van der Waals surface area contributed by atoms with Crippen molar-refractivity contribution in [2.24, 2.45) is 11.7 Å². The lowest BCUT2D eigenvalue weighted by atomic mass is 10.1. The molecule has 3 N–H and O–H groups in total. The molecule has 1 amide bonds. The van der Waals surface area contributed by atoms with Crippen molar-refractivity contribution in [3.05, 3.63) is 16.1 Å². The highest BCUT2D eigenvalue weighted by Gasteiger charge is 2.31. The van der Waals surface area contributed by atoms with Crippen LogP contribution in [0.25, 0.3) is 0 Å². The molecule has 1 aliphatic heterocycles. The van der Waals surface area contributed by atoms with Crippen molar-refractivity contribution >= 4 is 23.2 Å². The lowest BCUT2D eigenvalue weighted by Gasteiger charge is -2.13. The molecule has 0 aromatic carbocycles. The second kappa shape index (κ2) is 4.80. The molecule has 0 spiro atoms. The SMILES string of the molecule is NCc1nc(C(=O)N2CCC(C(=O)O)C2)cs1.